The lowest BCUT2D eigenvalue weighted by Gasteiger charge is -2.19. The maximum atomic E-state index is 10.9. The van der Waals surface area contributed by atoms with Crippen LogP contribution in [0.1, 0.15) is 34.1 Å². The van der Waals surface area contributed by atoms with Gasteiger partial charge in [-0.15, -0.1) is 0 Å². The van der Waals surface area contributed by atoms with E-state index >= 15 is 0 Å². The Labute approximate surface area is 79.6 Å². The van der Waals surface area contributed by atoms with Gasteiger partial charge in [-0.25, -0.2) is 0 Å². The Morgan fingerprint density at radius 2 is 1.67 bits per heavy atom. The van der Waals surface area contributed by atoms with Gasteiger partial charge in [0.15, 0.2) is 0 Å². The second-order valence-electron chi connectivity index (χ2n) is 2.45. The number of hydrogen-bond donors (Lipinski definition) is 1. The van der Waals surface area contributed by atoms with Crippen molar-refractivity contribution in [3.8, 4) is 0 Å². The lowest BCUT2D eigenvalue weighted by molar-refractivity contribution is 0.521. The molecule has 1 aliphatic heterocycles. The van der Waals surface area contributed by atoms with Crippen LogP contribution in [-0.2, 0) is 10.8 Å². The molecule has 0 bridgehead atoms. The molecule has 0 amide bonds. The summed E-state index contributed by atoms with van der Waals surface area (Å²) in [5, 5.41) is 3.70. The Morgan fingerprint density at radius 1 is 1.25 bits per heavy atom. The summed E-state index contributed by atoms with van der Waals surface area (Å²) in [5.41, 5.74) is 0. The lowest BCUT2D eigenvalue weighted by atomic mass is 10.2. The Kier molecular flexibility index (Phi) is 11.2. The Hall–Kier alpha value is 0.110. The van der Waals surface area contributed by atoms with Crippen molar-refractivity contribution in [2.75, 3.05) is 19.3 Å². The zero-order chi connectivity index (χ0) is 8.69. The van der Waals surface area contributed by atoms with Gasteiger partial charge in [0.2, 0.25) is 0 Å². The Balaban J connectivity index is 0. The molecule has 0 saturated carbocycles. The van der Waals surface area contributed by atoms with E-state index in [0.29, 0.717) is 5.25 Å². The fourth-order valence-electron chi connectivity index (χ4n) is 1.13. The number of hydrogen-bond acceptors (Lipinski definition) is 2. The van der Waals surface area contributed by atoms with E-state index < -0.39 is 10.8 Å². The number of rotatable bonds is 1. The van der Waals surface area contributed by atoms with Gasteiger partial charge in [0, 0.05) is 22.3 Å². The van der Waals surface area contributed by atoms with Gasteiger partial charge in [0.05, 0.1) is 0 Å². The molecule has 0 aliphatic carbocycles. The third-order valence-electron chi connectivity index (χ3n) is 1.76. The van der Waals surface area contributed by atoms with Gasteiger partial charge in [-0.1, -0.05) is 21.3 Å². The maximum absolute atomic E-state index is 10.9. The predicted octanol–water partition coefficient (Wildman–Crippen LogP) is 1.78. The Bertz CT molecular complexity index is 111. The summed E-state index contributed by atoms with van der Waals surface area (Å²) >= 11 is 0. The highest BCUT2D eigenvalue weighted by molar-refractivity contribution is 7.84. The van der Waals surface area contributed by atoms with Gasteiger partial charge in [-0.05, 0) is 25.9 Å². The second-order valence-corrected chi connectivity index (χ2v) is 4.11. The van der Waals surface area contributed by atoms with Crippen LogP contribution >= 0.6 is 0 Å². The molecule has 1 saturated heterocycles. The second kappa shape index (κ2) is 9.20. The molecule has 0 radical (unpaired) electrons. The highest BCUT2D eigenvalue weighted by atomic mass is 32.2. The van der Waals surface area contributed by atoms with Crippen LogP contribution < -0.4 is 5.32 Å². The summed E-state index contributed by atoms with van der Waals surface area (Å²) in [6.45, 7) is 6.09. The summed E-state index contributed by atoms with van der Waals surface area (Å²) < 4.78 is 10.9. The standard InChI is InChI=1S/C6H13NOS.C2H6.CH4/c1-9(8)6-2-4-7-5-3-6;1-2;/h6-7H,2-5H2,1H3;1-2H3;1H4. The van der Waals surface area contributed by atoms with Gasteiger partial charge in [-0.3, -0.25) is 4.21 Å². The van der Waals surface area contributed by atoms with Crippen LogP contribution in [0.15, 0.2) is 0 Å². The van der Waals surface area contributed by atoms with Crippen LogP contribution in [0.2, 0.25) is 0 Å². The molecule has 1 aliphatic rings. The van der Waals surface area contributed by atoms with E-state index in [4.69, 9.17) is 0 Å². The SMILES string of the molecule is C.CC.CS(=O)C1CCNCC1. The highest BCUT2D eigenvalue weighted by Crippen LogP contribution is 2.07. The zero-order valence-corrected chi connectivity index (χ0v) is 8.54. The van der Waals surface area contributed by atoms with E-state index in [1.807, 2.05) is 13.8 Å². The fraction of sp³-hybridized carbons (Fsp3) is 1.00. The molecular formula is C9H23NOS. The minimum atomic E-state index is -0.592. The van der Waals surface area contributed by atoms with Gasteiger partial charge >= 0.3 is 0 Å². The summed E-state index contributed by atoms with van der Waals surface area (Å²) in [4.78, 5) is 0. The molecule has 3 heteroatoms. The van der Waals surface area contributed by atoms with Crippen LogP contribution in [-0.4, -0.2) is 28.8 Å². The normalized spacial score (nSPS) is 19.9. The number of piperidine rings is 1. The first kappa shape index (κ1) is 14.6. The van der Waals surface area contributed by atoms with E-state index in [9.17, 15) is 4.21 Å². The molecule has 0 aromatic rings. The third kappa shape index (κ3) is 5.72. The zero-order valence-electron chi connectivity index (χ0n) is 7.72. The molecule has 0 aromatic carbocycles. The molecule has 0 spiro atoms. The summed E-state index contributed by atoms with van der Waals surface area (Å²) in [6, 6.07) is 0. The van der Waals surface area contributed by atoms with E-state index in [-0.39, 0.29) is 7.43 Å². The smallest absolute Gasteiger partial charge is 0.0369 e. The molecule has 1 rings (SSSR count). The van der Waals surface area contributed by atoms with Crippen molar-refractivity contribution in [3.63, 3.8) is 0 Å². The first-order valence-corrected chi connectivity index (χ1v) is 5.96. The van der Waals surface area contributed by atoms with E-state index in [1.54, 1.807) is 6.26 Å². The van der Waals surface area contributed by atoms with E-state index in [2.05, 4.69) is 5.32 Å². The summed E-state index contributed by atoms with van der Waals surface area (Å²) in [6.07, 6.45) is 3.97. The third-order valence-corrected chi connectivity index (χ3v) is 3.17. The average Bonchev–Trinajstić information content (AvgIpc) is 2.10. The van der Waals surface area contributed by atoms with Gasteiger partial charge in [0.25, 0.3) is 0 Å². The molecule has 1 unspecified atom stereocenters. The lowest BCUT2D eigenvalue weighted by Crippen LogP contribution is -2.32. The van der Waals surface area contributed by atoms with Crippen LogP contribution in [0.5, 0.6) is 0 Å². The van der Waals surface area contributed by atoms with Crippen LogP contribution in [0.3, 0.4) is 0 Å². The topological polar surface area (TPSA) is 29.1 Å². The van der Waals surface area contributed by atoms with Crippen molar-refractivity contribution >= 4 is 10.8 Å². The Morgan fingerprint density at radius 3 is 1.92 bits per heavy atom. The largest absolute Gasteiger partial charge is 0.317 e. The van der Waals surface area contributed by atoms with Gasteiger partial charge in [-0.2, -0.15) is 0 Å². The molecule has 0 aromatic heterocycles. The van der Waals surface area contributed by atoms with Crippen molar-refractivity contribution in [2.24, 2.45) is 0 Å². The molecule has 1 fully saturated rings. The predicted molar refractivity (Wildman–Crippen MR) is 58.0 cm³/mol. The van der Waals surface area contributed by atoms with Crippen molar-refractivity contribution < 1.29 is 4.21 Å². The van der Waals surface area contributed by atoms with Crippen LogP contribution in [0.4, 0.5) is 0 Å². The minimum Gasteiger partial charge on any atom is -0.317 e. The highest BCUT2D eigenvalue weighted by Gasteiger charge is 2.15. The molecule has 1 N–H and O–H groups in total. The minimum absolute atomic E-state index is 0. The first-order valence-electron chi connectivity index (χ1n) is 4.33. The average molecular weight is 193 g/mol. The maximum Gasteiger partial charge on any atom is 0.0369 e. The van der Waals surface area contributed by atoms with Crippen molar-refractivity contribution in [1.82, 2.24) is 5.32 Å². The van der Waals surface area contributed by atoms with Crippen LogP contribution in [0, 0.1) is 0 Å². The fourth-order valence-corrected chi connectivity index (χ4v) is 2.03. The van der Waals surface area contributed by atoms with E-state index in [1.165, 1.54) is 0 Å². The van der Waals surface area contributed by atoms with Crippen molar-refractivity contribution in [1.29, 1.82) is 0 Å². The van der Waals surface area contributed by atoms with Crippen LogP contribution in [0.25, 0.3) is 0 Å². The monoisotopic (exact) mass is 193 g/mol. The van der Waals surface area contributed by atoms with Crippen molar-refractivity contribution in [2.45, 2.75) is 39.4 Å². The summed E-state index contributed by atoms with van der Waals surface area (Å²) in [5.74, 6) is 0. The van der Waals surface area contributed by atoms with E-state index in [0.717, 1.165) is 25.9 Å². The van der Waals surface area contributed by atoms with Gasteiger partial charge < -0.3 is 5.32 Å². The molecule has 76 valence electrons. The molecule has 1 heterocycles. The molecular weight excluding hydrogens is 170 g/mol. The number of nitrogens with one attached hydrogen (secondary N) is 1. The quantitative estimate of drug-likeness (QED) is 0.688. The molecule has 12 heavy (non-hydrogen) atoms. The summed E-state index contributed by atoms with van der Waals surface area (Å²) in [7, 11) is -0.592. The molecule has 2 nitrogen and oxygen atoms in total. The van der Waals surface area contributed by atoms with Crippen molar-refractivity contribution in [3.05, 3.63) is 0 Å². The first-order chi connectivity index (χ1) is 5.30. The molecule has 1 atom stereocenters. The van der Waals surface area contributed by atoms with Gasteiger partial charge in [0.1, 0.15) is 0 Å².